The van der Waals surface area contributed by atoms with Crippen molar-refractivity contribution in [1.29, 1.82) is 0 Å². The quantitative estimate of drug-likeness (QED) is 0.435. The van der Waals surface area contributed by atoms with Gasteiger partial charge in [-0.3, -0.25) is 14.4 Å². The van der Waals surface area contributed by atoms with E-state index in [1.54, 1.807) is 48.5 Å². The second-order valence-corrected chi connectivity index (χ2v) is 8.44. The minimum absolute atomic E-state index is 0.0261. The van der Waals surface area contributed by atoms with Crippen LogP contribution < -0.4 is 5.32 Å². The van der Waals surface area contributed by atoms with Crippen LogP contribution in [-0.2, 0) is 0 Å². The minimum Gasteiger partial charge on any atom is -0.453 e. The van der Waals surface area contributed by atoms with Gasteiger partial charge in [0.1, 0.15) is 11.3 Å². The summed E-state index contributed by atoms with van der Waals surface area (Å²) < 4.78 is 5.68. The number of hydrogen-bond donors (Lipinski definition) is 2. The molecule has 0 fully saturated rings. The van der Waals surface area contributed by atoms with E-state index in [1.165, 1.54) is 6.92 Å². The van der Waals surface area contributed by atoms with Crippen LogP contribution in [0.1, 0.15) is 59.1 Å². The molecule has 0 aliphatic heterocycles. The summed E-state index contributed by atoms with van der Waals surface area (Å²) in [5, 5.41) is 4.39. The third kappa shape index (κ3) is 3.64. The lowest BCUT2D eigenvalue weighted by Gasteiger charge is -2.13. The van der Waals surface area contributed by atoms with Gasteiger partial charge in [-0.15, -0.1) is 0 Å². The van der Waals surface area contributed by atoms with E-state index in [0.717, 1.165) is 16.3 Å². The maximum atomic E-state index is 12.7. The van der Waals surface area contributed by atoms with E-state index in [1.807, 2.05) is 20.8 Å². The van der Waals surface area contributed by atoms with Gasteiger partial charge < -0.3 is 14.7 Å². The Labute approximate surface area is 173 Å². The minimum atomic E-state index is -0.539. The molecule has 4 rings (SSSR count). The SMILES string of the molecule is CC(=O)c1ccc2[nH]c(C(=O)Nc3ccc4oc(C(=O)C(C)(C)C)cc4c3)cc2c1. The number of carbonyl (C=O) groups is 3. The van der Waals surface area contributed by atoms with Gasteiger partial charge in [0.25, 0.3) is 5.91 Å². The zero-order valence-electron chi connectivity index (χ0n) is 17.3. The van der Waals surface area contributed by atoms with Crippen molar-refractivity contribution in [3.05, 3.63) is 65.5 Å². The summed E-state index contributed by atoms with van der Waals surface area (Å²) in [6.45, 7) is 7.03. The molecular formula is C24H22N2O4. The Kier molecular flexibility index (Phi) is 4.57. The molecule has 2 N–H and O–H groups in total. The molecule has 0 aliphatic carbocycles. The van der Waals surface area contributed by atoms with Gasteiger partial charge in [-0.05, 0) is 55.5 Å². The third-order valence-corrected chi connectivity index (χ3v) is 4.95. The molecule has 30 heavy (non-hydrogen) atoms. The second-order valence-electron chi connectivity index (χ2n) is 8.44. The Hall–Kier alpha value is -3.67. The van der Waals surface area contributed by atoms with Crippen molar-refractivity contribution in [2.75, 3.05) is 5.32 Å². The first kappa shape index (κ1) is 19.6. The molecule has 152 valence electrons. The van der Waals surface area contributed by atoms with Crippen molar-refractivity contribution in [2.45, 2.75) is 27.7 Å². The van der Waals surface area contributed by atoms with Crippen LogP contribution >= 0.6 is 0 Å². The van der Waals surface area contributed by atoms with E-state index >= 15 is 0 Å². The highest BCUT2D eigenvalue weighted by Crippen LogP contribution is 2.28. The average molecular weight is 402 g/mol. The Morgan fingerprint density at radius 2 is 1.70 bits per heavy atom. The Morgan fingerprint density at radius 3 is 2.40 bits per heavy atom. The predicted molar refractivity (Wildman–Crippen MR) is 116 cm³/mol. The highest BCUT2D eigenvalue weighted by atomic mass is 16.3. The fourth-order valence-corrected chi connectivity index (χ4v) is 3.27. The van der Waals surface area contributed by atoms with Gasteiger partial charge in [-0.2, -0.15) is 0 Å². The van der Waals surface area contributed by atoms with Crippen LogP contribution in [0.3, 0.4) is 0 Å². The number of nitrogens with one attached hydrogen (secondary N) is 2. The first-order chi connectivity index (χ1) is 14.1. The summed E-state index contributed by atoms with van der Waals surface area (Å²) in [6, 6.07) is 13.9. The third-order valence-electron chi connectivity index (χ3n) is 4.95. The predicted octanol–water partition coefficient (Wildman–Crippen LogP) is 5.60. The van der Waals surface area contributed by atoms with Crippen molar-refractivity contribution in [1.82, 2.24) is 4.98 Å². The molecule has 2 aromatic carbocycles. The molecule has 0 saturated carbocycles. The average Bonchev–Trinajstić information content (AvgIpc) is 3.29. The first-order valence-corrected chi connectivity index (χ1v) is 9.65. The summed E-state index contributed by atoms with van der Waals surface area (Å²) in [6.07, 6.45) is 0. The van der Waals surface area contributed by atoms with Gasteiger partial charge in [0.2, 0.25) is 5.78 Å². The standard InChI is InChI=1S/C24H22N2O4/c1-13(27)14-5-7-18-15(9-14)11-19(26-18)23(29)25-17-6-8-20-16(10-17)12-21(30-20)22(28)24(2,3)4/h5-12,26H,1-4H3,(H,25,29). The van der Waals surface area contributed by atoms with Crippen molar-refractivity contribution < 1.29 is 18.8 Å². The highest BCUT2D eigenvalue weighted by molar-refractivity contribution is 6.08. The number of aromatic nitrogens is 1. The van der Waals surface area contributed by atoms with E-state index in [0.29, 0.717) is 28.3 Å². The van der Waals surface area contributed by atoms with Crippen LogP contribution in [0.4, 0.5) is 5.69 Å². The molecule has 1 amide bonds. The van der Waals surface area contributed by atoms with Gasteiger partial charge in [0, 0.05) is 33.0 Å². The van der Waals surface area contributed by atoms with Gasteiger partial charge >= 0.3 is 0 Å². The number of anilines is 1. The van der Waals surface area contributed by atoms with Crippen LogP contribution in [0.15, 0.2) is 52.9 Å². The van der Waals surface area contributed by atoms with Crippen LogP contribution in [0.25, 0.3) is 21.9 Å². The largest absolute Gasteiger partial charge is 0.453 e. The van der Waals surface area contributed by atoms with Crippen LogP contribution in [0.5, 0.6) is 0 Å². The Balaban J connectivity index is 1.59. The molecule has 0 atom stereocenters. The lowest BCUT2D eigenvalue weighted by Crippen LogP contribution is -2.19. The van der Waals surface area contributed by atoms with Crippen LogP contribution in [-0.4, -0.2) is 22.5 Å². The van der Waals surface area contributed by atoms with E-state index in [9.17, 15) is 14.4 Å². The highest BCUT2D eigenvalue weighted by Gasteiger charge is 2.26. The number of Topliss-reactive ketones (excluding diaryl/α,β-unsaturated/α-hetero) is 2. The first-order valence-electron chi connectivity index (χ1n) is 9.65. The van der Waals surface area contributed by atoms with Gasteiger partial charge in [-0.25, -0.2) is 0 Å². The molecule has 6 nitrogen and oxygen atoms in total. The van der Waals surface area contributed by atoms with E-state index in [-0.39, 0.29) is 17.5 Å². The summed E-state index contributed by atoms with van der Waals surface area (Å²) in [4.78, 5) is 39.8. The zero-order chi connectivity index (χ0) is 21.6. The molecular weight excluding hydrogens is 380 g/mol. The number of furan rings is 1. The molecule has 0 radical (unpaired) electrons. The smallest absolute Gasteiger partial charge is 0.272 e. The van der Waals surface area contributed by atoms with Gasteiger partial charge in [-0.1, -0.05) is 20.8 Å². The number of rotatable bonds is 4. The number of H-pyrrole nitrogens is 1. The van der Waals surface area contributed by atoms with Crippen LogP contribution in [0, 0.1) is 5.41 Å². The number of aromatic amines is 1. The molecule has 4 aromatic rings. The summed E-state index contributed by atoms with van der Waals surface area (Å²) in [5.74, 6) is -0.101. The van der Waals surface area contributed by atoms with Crippen molar-refractivity contribution in [3.8, 4) is 0 Å². The molecule has 2 aromatic heterocycles. The van der Waals surface area contributed by atoms with E-state index in [2.05, 4.69) is 10.3 Å². The molecule has 0 unspecified atom stereocenters. The molecule has 0 bridgehead atoms. The van der Waals surface area contributed by atoms with Gasteiger partial charge in [0.15, 0.2) is 11.5 Å². The lowest BCUT2D eigenvalue weighted by molar-refractivity contribution is 0.0830. The fraction of sp³-hybridized carbons (Fsp3) is 0.208. The molecule has 0 saturated heterocycles. The fourth-order valence-electron chi connectivity index (χ4n) is 3.27. The molecule has 6 heteroatoms. The Morgan fingerprint density at radius 1 is 0.933 bits per heavy atom. The summed E-state index contributed by atoms with van der Waals surface area (Å²) >= 11 is 0. The molecule has 0 spiro atoms. The number of ketones is 2. The second kappa shape index (κ2) is 6.99. The van der Waals surface area contributed by atoms with Crippen LogP contribution in [0.2, 0.25) is 0 Å². The number of fused-ring (bicyclic) bond motifs is 2. The zero-order valence-corrected chi connectivity index (χ0v) is 17.3. The molecule has 2 heterocycles. The van der Waals surface area contributed by atoms with Crippen molar-refractivity contribution in [3.63, 3.8) is 0 Å². The van der Waals surface area contributed by atoms with E-state index in [4.69, 9.17) is 4.42 Å². The van der Waals surface area contributed by atoms with Gasteiger partial charge in [0.05, 0.1) is 0 Å². The number of carbonyl (C=O) groups excluding carboxylic acids is 3. The number of hydrogen-bond acceptors (Lipinski definition) is 4. The van der Waals surface area contributed by atoms with Crippen molar-refractivity contribution in [2.24, 2.45) is 5.41 Å². The summed E-state index contributed by atoms with van der Waals surface area (Å²) in [7, 11) is 0. The molecule has 0 aliphatic rings. The normalized spacial score (nSPS) is 11.7. The number of amides is 1. The summed E-state index contributed by atoms with van der Waals surface area (Å²) in [5.41, 5.74) is 2.40. The maximum Gasteiger partial charge on any atom is 0.272 e. The topological polar surface area (TPSA) is 92.2 Å². The monoisotopic (exact) mass is 402 g/mol. The Bertz CT molecular complexity index is 1320. The number of benzene rings is 2. The van der Waals surface area contributed by atoms with Crippen molar-refractivity contribution >= 4 is 45.0 Å². The lowest BCUT2D eigenvalue weighted by atomic mass is 9.89. The van der Waals surface area contributed by atoms with E-state index < -0.39 is 5.41 Å². The maximum absolute atomic E-state index is 12.7.